The van der Waals surface area contributed by atoms with Gasteiger partial charge in [0.25, 0.3) is 10.0 Å². The Morgan fingerprint density at radius 2 is 2.16 bits per heavy atom. The summed E-state index contributed by atoms with van der Waals surface area (Å²) in [4.78, 5) is 0. The number of nitrogens with one attached hydrogen (secondary N) is 2. The summed E-state index contributed by atoms with van der Waals surface area (Å²) >= 11 is 0. The van der Waals surface area contributed by atoms with E-state index >= 15 is 0 Å². The van der Waals surface area contributed by atoms with Gasteiger partial charge in [0.15, 0.2) is 5.03 Å². The first-order valence-electron chi connectivity index (χ1n) is 6.58. The molecule has 0 unspecified atom stereocenters. The summed E-state index contributed by atoms with van der Waals surface area (Å²) in [5.74, 6) is 0. The van der Waals surface area contributed by atoms with Crippen LogP contribution in [0.5, 0.6) is 0 Å². The lowest BCUT2D eigenvalue weighted by Gasteiger charge is -2.14. The first-order valence-corrected chi connectivity index (χ1v) is 8.07. The zero-order valence-electron chi connectivity index (χ0n) is 11.4. The van der Waals surface area contributed by atoms with Crippen LogP contribution in [0.15, 0.2) is 5.03 Å². The lowest BCUT2D eigenvalue weighted by Crippen LogP contribution is -2.31. The van der Waals surface area contributed by atoms with Crippen LogP contribution in [0.25, 0.3) is 0 Å². The van der Waals surface area contributed by atoms with Crippen molar-refractivity contribution in [3.63, 3.8) is 0 Å². The predicted octanol–water partition coefficient (Wildman–Crippen LogP) is 1.07. The highest BCUT2D eigenvalue weighted by atomic mass is 32.2. The van der Waals surface area contributed by atoms with Crippen LogP contribution in [-0.4, -0.2) is 30.3 Å². The molecule has 2 rings (SSSR count). The van der Waals surface area contributed by atoms with E-state index in [-0.39, 0.29) is 17.0 Å². The van der Waals surface area contributed by atoms with Crippen LogP contribution in [-0.2, 0) is 16.6 Å². The van der Waals surface area contributed by atoms with Crippen molar-refractivity contribution in [1.82, 2.24) is 14.9 Å². The average molecular weight is 287 g/mol. The molecule has 0 spiro atoms. The zero-order valence-corrected chi connectivity index (χ0v) is 12.2. The van der Waals surface area contributed by atoms with Crippen molar-refractivity contribution in [1.29, 1.82) is 0 Å². The van der Waals surface area contributed by atoms with Gasteiger partial charge in [-0.3, -0.25) is 5.10 Å². The van der Waals surface area contributed by atoms with Crippen LogP contribution in [0.2, 0.25) is 0 Å². The number of H-pyrrole nitrogens is 1. The Kier molecular flexibility index (Phi) is 3.98. The monoisotopic (exact) mass is 287 g/mol. The van der Waals surface area contributed by atoms with E-state index in [0.717, 1.165) is 25.7 Å². The molecular formula is C12H21N3O3S. The molecule has 7 heteroatoms. The maximum absolute atomic E-state index is 12.2. The van der Waals surface area contributed by atoms with Gasteiger partial charge in [0.2, 0.25) is 0 Å². The predicted molar refractivity (Wildman–Crippen MR) is 71.0 cm³/mol. The molecule has 0 bridgehead atoms. The summed E-state index contributed by atoms with van der Waals surface area (Å²) < 4.78 is 27.0. The van der Waals surface area contributed by atoms with Crippen molar-refractivity contribution in [2.75, 3.05) is 6.54 Å². The van der Waals surface area contributed by atoms with Gasteiger partial charge in [-0.15, -0.1) is 0 Å². The Morgan fingerprint density at radius 3 is 2.68 bits per heavy atom. The van der Waals surface area contributed by atoms with E-state index < -0.39 is 10.0 Å². The van der Waals surface area contributed by atoms with Crippen LogP contribution in [0, 0.1) is 12.3 Å². The van der Waals surface area contributed by atoms with Crippen molar-refractivity contribution in [2.45, 2.75) is 51.2 Å². The van der Waals surface area contributed by atoms with Crippen LogP contribution < -0.4 is 4.72 Å². The average Bonchev–Trinajstić information content (AvgIpc) is 3.02. The highest BCUT2D eigenvalue weighted by Gasteiger charge is 2.42. The van der Waals surface area contributed by atoms with Crippen molar-refractivity contribution in [3.05, 3.63) is 11.3 Å². The second kappa shape index (κ2) is 5.22. The molecule has 3 N–H and O–H groups in total. The number of aromatic nitrogens is 2. The normalized spacial score (nSPS) is 17.6. The molecule has 0 radical (unpaired) electrons. The third kappa shape index (κ3) is 2.98. The van der Waals surface area contributed by atoms with Gasteiger partial charge in [-0.1, -0.05) is 13.3 Å². The fraction of sp³-hybridized carbons (Fsp3) is 0.750. The maximum Gasteiger partial charge on any atom is 0.260 e. The molecule has 6 nitrogen and oxygen atoms in total. The quantitative estimate of drug-likeness (QED) is 0.699. The minimum Gasteiger partial charge on any atom is -0.392 e. The minimum atomic E-state index is -3.65. The number of aliphatic hydroxyl groups is 1. The SMILES string of the molecule is CCCC1(CNS(=O)(=O)c2n[nH]c(C)c2CO)CC1. The lowest BCUT2D eigenvalue weighted by molar-refractivity contribution is 0.277. The fourth-order valence-corrected chi connectivity index (χ4v) is 3.72. The van der Waals surface area contributed by atoms with Gasteiger partial charge in [0.1, 0.15) is 0 Å². The van der Waals surface area contributed by atoms with Crippen molar-refractivity contribution in [2.24, 2.45) is 5.41 Å². The Hall–Kier alpha value is -0.920. The number of aryl methyl sites for hydroxylation is 1. The smallest absolute Gasteiger partial charge is 0.260 e. The van der Waals surface area contributed by atoms with Gasteiger partial charge < -0.3 is 5.11 Å². The topological polar surface area (TPSA) is 95.1 Å². The molecule has 0 atom stereocenters. The number of nitrogens with zero attached hydrogens (tertiary/aromatic N) is 1. The highest BCUT2D eigenvalue weighted by molar-refractivity contribution is 7.89. The van der Waals surface area contributed by atoms with Gasteiger partial charge >= 0.3 is 0 Å². The lowest BCUT2D eigenvalue weighted by atomic mass is 10.0. The number of hydrogen-bond acceptors (Lipinski definition) is 4. The van der Waals surface area contributed by atoms with Gasteiger partial charge in [0.05, 0.1) is 6.61 Å². The zero-order chi connectivity index (χ0) is 14.1. The molecule has 0 saturated heterocycles. The first kappa shape index (κ1) is 14.5. The van der Waals surface area contributed by atoms with Crippen molar-refractivity contribution < 1.29 is 13.5 Å². The molecule has 1 aliphatic rings. The second-order valence-electron chi connectivity index (χ2n) is 5.36. The third-order valence-electron chi connectivity index (χ3n) is 3.82. The Labute approximate surface area is 113 Å². The fourth-order valence-electron chi connectivity index (χ4n) is 2.38. The van der Waals surface area contributed by atoms with Crippen LogP contribution in [0.1, 0.15) is 43.9 Å². The standard InChI is InChI=1S/C12H21N3O3S/c1-3-4-12(5-6-12)8-13-19(17,18)11-10(7-16)9(2)14-15-11/h13,16H,3-8H2,1-2H3,(H,14,15). The van der Waals surface area contributed by atoms with E-state index in [9.17, 15) is 13.5 Å². The Morgan fingerprint density at radius 1 is 1.47 bits per heavy atom. The number of rotatable bonds is 7. The highest BCUT2D eigenvalue weighted by Crippen LogP contribution is 2.49. The molecule has 1 aliphatic carbocycles. The van der Waals surface area contributed by atoms with E-state index in [1.807, 2.05) is 0 Å². The first-order chi connectivity index (χ1) is 8.94. The summed E-state index contributed by atoms with van der Waals surface area (Å²) in [7, 11) is -3.65. The molecule has 0 aliphatic heterocycles. The Balaban J connectivity index is 2.10. The summed E-state index contributed by atoms with van der Waals surface area (Å²) in [5, 5.41) is 15.5. The molecule has 1 heterocycles. The maximum atomic E-state index is 12.2. The van der Waals surface area contributed by atoms with E-state index in [1.165, 1.54) is 0 Å². The van der Waals surface area contributed by atoms with Gasteiger partial charge in [-0.25, -0.2) is 13.1 Å². The molecule has 1 aromatic rings. The van der Waals surface area contributed by atoms with Gasteiger partial charge in [-0.2, -0.15) is 5.10 Å². The van der Waals surface area contributed by atoms with Crippen LogP contribution in [0.4, 0.5) is 0 Å². The second-order valence-corrected chi connectivity index (χ2v) is 7.05. The molecule has 108 valence electrons. The van der Waals surface area contributed by atoms with E-state index in [1.54, 1.807) is 6.92 Å². The molecule has 19 heavy (non-hydrogen) atoms. The van der Waals surface area contributed by atoms with E-state index in [2.05, 4.69) is 21.8 Å². The number of sulfonamides is 1. The van der Waals surface area contributed by atoms with Crippen LogP contribution in [0.3, 0.4) is 0 Å². The van der Waals surface area contributed by atoms with Crippen LogP contribution >= 0.6 is 0 Å². The summed E-state index contributed by atoms with van der Waals surface area (Å²) in [6.45, 7) is 3.92. The largest absolute Gasteiger partial charge is 0.392 e. The minimum absolute atomic E-state index is 0.0835. The third-order valence-corrected chi connectivity index (χ3v) is 5.19. The molecule has 1 fully saturated rings. The molecule has 1 aromatic heterocycles. The molecule has 1 saturated carbocycles. The molecular weight excluding hydrogens is 266 g/mol. The van der Waals surface area contributed by atoms with E-state index in [0.29, 0.717) is 17.8 Å². The summed E-state index contributed by atoms with van der Waals surface area (Å²) in [5.41, 5.74) is 1.07. The number of hydrogen-bond donors (Lipinski definition) is 3. The van der Waals surface area contributed by atoms with E-state index in [4.69, 9.17) is 0 Å². The van der Waals surface area contributed by atoms with Crippen molar-refractivity contribution in [3.8, 4) is 0 Å². The number of aliphatic hydroxyl groups excluding tert-OH is 1. The molecule has 0 aromatic carbocycles. The van der Waals surface area contributed by atoms with Gasteiger partial charge in [0, 0.05) is 17.8 Å². The summed E-state index contributed by atoms with van der Waals surface area (Å²) in [6, 6.07) is 0. The summed E-state index contributed by atoms with van der Waals surface area (Å²) in [6.07, 6.45) is 4.26. The van der Waals surface area contributed by atoms with Crippen molar-refractivity contribution >= 4 is 10.0 Å². The number of aromatic amines is 1. The van der Waals surface area contributed by atoms with Gasteiger partial charge in [-0.05, 0) is 31.6 Å². The molecule has 0 amide bonds. The Bertz CT molecular complexity index is 547.